The number of nitrogens with zero attached hydrogens (tertiary/aromatic N) is 7. The number of aromatic nitrogens is 2. The molecule has 16 heteroatoms. The summed E-state index contributed by atoms with van der Waals surface area (Å²) in [6.07, 6.45) is 8.15. The summed E-state index contributed by atoms with van der Waals surface area (Å²) in [5.74, 6) is -1.20. The van der Waals surface area contributed by atoms with Gasteiger partial charge in [-0.25, -0.2) is 18.6 Å². The number of ether oxygens (including phenoxy) is 1. The Hall–Kier alpha value is -6.21. The number of fused-ring (bicyclic) bond motifs is 2. The van der Waals surface area contributed by atoms with Crippen LogP contribution in [0, 0.1) is 24.1 Å². The van der Waals surface area contributed by atoms with Gasteiger partial charge in [0.2, 0.25) is 17.5 Å². The first kappa shape index (κ1) is 40.2. The van der Waals surface area contributed by atoms with Gasteiger partial charge in [0.15, 0.2) is 11.6 Å². The minimum absolute atomic E-state index is 0.0332. The summed E-state index contributed by atoms with van der Waals surface area (Å²) in [5.41, 5.74) is 2.69. The first-order valence-corrected chi connectivity index (χ1v) is 21.2. The second-order valence-electron chi connectivity index (χ2n) is 16.8. The molecule has 4 amide bonds. The third-order valence-electron chi connectivity index (χ3n) is 13.0. The Labute approximate surface area is 352 Å². The molecule has 6 heterocycles. The lowest BCUT2D eigenvalue weighted by molar-refractivity contribution is -0.136. The minimum atomic E-state index is -0.748. The number of rotatable bonds is 9. The summed E-state index contributed by atoms with van der Waals surface area (Å²) in [6, 6.07) is 10.8. The Bertz CT molecular complexity index is 2420. The third kappa shape index (κ3) is 8.31. The molecule has 9 rings (SSSR count). The van der Waals surface area contributed by atoms with Crippen LogP contribution in [0.5, 0.6) is 5.75 Å². The molecule has 5 aliphatic rings. The Morgan fingerprint density at radius 3 is 2.43 bits per heavy atom. The molecular formula is C45H47F2N9O5. The predicted octanol–water partition coefficient (Wildman–Crippen LogP) is 5.38. The van der Waals surface area contributed by atoms with E-state index < -0.39 is 29.5 Å². The van der Waals surface area contributed by atoms with Gasteiger partial charge in [-0.15, -0.1) is 0 Å². The van der Waals surface area contributed by atoms with Gasteiger partial charge in [-0.3, -0.25) is 34.4 Å². The van der Waals surface area contributed by atoms with Crippen molar-refractivity contribution in [3.8, 4) is 5.75 Å². The van der Waals surface area contributed by atoms with Crippen LogP contribution in [0.1, 0.15) is 77.6 Å². The number of carbonyl (C=O) groups is 4. The van der Waals surface area contributed by atoms with Crippen molar-refractivity contribution in [1.82, 2.24) is 30.4 Å². The molecule has 4 aromatic rings. The number of piperidine rings is 2. The first-order valence-electron chi connectivity index (χ1n) is 21.2. The van der Waals surface area contributed by atoms with E-state index in [9.17, 15) is 19.2 Å². The number of benzene rings is 2. The quantitative estimate of drug-likeness (QED) is 0.167. The molecule has 0 radical (unpaired) electrons. The second kappa shape index (κ2) is 17.0. The highest BCUT2D eigenvalue weighted by Crippen LogP contribution is 2.36. The molecule has 1 atom stereocenters. The lowest BCUT2D eigenvalue weighted by Gasteiger charge is -2.40. The highest BCUT2D eigenvalue weighted by atomic mass is 19.1. The van der Waals surface area contributed by atoms with Crippen LogP contribution in [0.4, 0.5) is 26.0 Å². The van der Waals surface area contributed by atoms with Gasteiger partial charge in [0.05, 0.1) is 29.4 Å². The van der Waals surface area contributed by atoms with Crippen LogP contribution in [0.3, 0.4) is 0 Å². The van der Waals surface area contributed by atoms with Gasteiger partial charge in [0, 0.05) is 88.2 Å². The largest absolute Gasteiger partial charge is 0.490 e. The highest BCUT2D eigenvalue weighted by Gasteiger charge is 2.40. The van der Waals surface area contributed by atoms with Crippen LogP contribution >= 0.6 is 0 Å². The maximum atomic E-state index is 15.5. The average Bonchev–Trinajstić information content (AvgIpc) is 3.58. The van der Waals surface area contributed by atoms with E-state index in [1.165, 1.54) is 23.2 Å². The molecule has 2 aromatic carbocycles. The van der Waals surface area contributed by atoms with E-state index in [1.807, 2.05) is 28.0 Å². The number of piperazine rings is 1. The van der Waals surface area contributed by atoms with Crippen molar-refractivity contribution in [3.05, 3.63) is 94.6 Å². The van der Waals surface area contributed by atoms with Gasteiger partial charge in [-0.2, -0.15) is 0 Å². The topological polar surface area (TPSA) is 145 Å². The van der Waals surface area contributed by atoms with E-state index in [-0.39, 0.29) is 60.3 Å². The number of amides is 4. The van der Waals surface area contributed by atoms with Crippen LogP contribution in [0.25, 0.3) is 15.7 Å². The maximum Gasteiger partial charge on any atom is 0.255 e. The van der Waals surface area contributed by atoms with Crippen molar-refractivity contribution in [3.63, 3.8) is 0 Å². The van der Waals surface area contributed by atoms with Gasteiger partial charge in [-0.1, -0.05) is 6.07 Å². The van der Waals surface area contributed by atoms with Gasteiger partial charge < -0.3 is 24.8 Å². The molecule has 2 N–H and O–H groups in total. The molecule has 14 nitrogen and oxygen atoms in total. The molecule has 0 unspecified atom stereocenters. The van der Waals surface area contributed by atoms with Gasteiger partial charge in [-0.05, 0) is 92.8 Å². The summed E-state index contributed by atoms with van der Waals surface area (Å²) in [5, 5.41) is 6.16. The summed E-state index contributed by atoms with van der Waals surface area (Å²) in [4.78, 5) is 70.5. The fourth-order valence-electron chi connectivity index (χ4n) is 9.57. The van der Waals surface area contributed by atoms with Crippen molar-refractivity contribution in [2.75, 3.05) is 55.6 Å². The van der Waals surface area contributed by atoms with Crippen LogP contribution in [0.2, 0.25) is 0 Å². The van der Waals surface area contributed by atoms with Gasteiger partial charge in [0.25, 0.3) is 11.8 Å². The van der Waals surface area contributed by atoms with Crippen molar-refractivity contribution in [1.29, 1.82) is 0 Å². The number of hydrogen-bond acceptors (Lipinski definition) is 10. The normalized spacial score (nSPS) is 22.5. The van der Waals surface area contributed by atoms with Crippen LogP contribution in [0.15, 0.2) is 54.9 Å². The Morgan fingerprint density at radius 1 is 0.902 bits per heavy atom. The Balaban J connectivity index is 0.715. The average molecular weight is 832 g/mol. The number of anilines is 2. The number of pyridine rings is 2. The summed E-state index contributed by atoms with van der Waals surface area (Å²) >= 11 is 0. The molecule has 4 fully saturated rings. The van der Waals surface area contributed by atoms with Crippen LogP contribution in [-0.4, -0.2) is 107 Å². The summed E-state index contributed by atoms with van der Waals surface area (Å²) < 4.78 is 37.3. The van der Waals surface area contributed by atoms with E-state index in [1.54, 1.807) is 18.3 Å². The van der Waals surface area contributed by atoms with Gasteiger partial charge in [0.1, 0.15) is 17.6 Å². The molecule has 1 aliphatic carbocycles. The number of imide groups is 1. The summed E-state index contributed by atoms with van der Waals surface area (Å²) in [6.45, 7) is 12.6. The SMILES string of the molecule is [C-]#[N+]c1ccc(OC2CCC(NC(=O)c3cnc(N4CCC(CN5CCN(c6cc7c(cc6F)C(=O)N([C@H]6CCC(=O)NC6=O)C7)CC5)CC4)c(F)c3)CC2)c2cccnc12. The predicted molar refractivity (Wildman–Crippen MR) is 222 cm³/mol. The molecule has 2 aromatic heterocycles. The van der Waals surface area contributed by atoms with E-state index >= 15 is 8.78 Å². The zero-order valence-corrected chi connectivity index (χ0v) is 33.7. The monoisotopic (exact) mass is 831 g/mol. The lowest BCUT2D eigenvalue weighted by Crippen LogP contribution is -2.52. The molecule has 4 aliphatic heterocycles. The molecule has 1 saturated carbocycles. The molecule has 3 saturated heterocycles. The van der Waals surface area contributed by atoms with E-state index in [0.717, 1.165) is 63.5 Å². The zero-order chi connectivity index (χ0) is 42.2. The Kier molecular flexibility index (Phi) is 11.2. The second-order valence-corrected chi connectivity index (χ2v) is 16.8. The number of halogens is 2. The lowest BCUT2D eigenvalue weighted by atomic mass is 9.92. The number of nitrogens with one attached hydrogen (secondary N) is 2. The molecular weight excluding hydrogens is 785 g/mol. The van der Waals surface area contributed by atoms with Crippen molar-refractivity contribution >= 4 is 51.7 Å². The van der Waals surface area contributed by atoms with Crippen LogP contribution in [-0.2, 0) is 16.1 Å². The van der Waals surface area contributed by atoms with E-state index in [0.29, 0.717) is 60.3 Å². The molecule has 0 bridgehead atoms. The number of hydrogen-bond donors (Lipinski definition) is 2. The standard InChI is InChI=1S/C45H47F2N9O5/c1-48-36-8-10-39(32-3-2-14-49-41(32)36)61-31-6-4-30(5-7-31)51-43(58)28-21-35(47)42(50-24-28)55-15-12-27(13-16-55)25-53-17-19-54(20-18-53)38-22-29-26-56(45(60)33(29)23-34(38)46)37-9-11-40(57)52-44(37)59/h2-3,8,10,14,21-24,27,30-31,37H,4-7,9,11-13,15-20,25-26H2,(H,51,58)(H,52,57,59)/t30?,31?,37-/m0/s1. The van der Waals surface area contributed by atoms with Crippen molar-refractivity contribution in [2.45, 2.75) is 76.1 Å². The highest BCUT2D eigenvalue weighted by molar-refractivity contribution is 6.05. The third-order valence-corrected chi connectivity index (χ3v) is 13.0. The number of carbonyl (C=O) groups excluding carboxylic acids is 4. The molecule has 316 valence electrons. The Morgan fingerprint density at radius 2 is 1.69 bits per heavy atom. The smallest absolute Gasteiger partial charge is 0.255 e. The van der Waals surface area contributed by atoms with Crippen molar-refractivity contribution < 1.29 is 32.7 Å². The van der Waals surface area contributed by atoms with Crippen molar-refractivity contribution in [2.24, 2.45) is 5.92 Å². The summed E-state index contributed by atoms with van der Waals surface area (Å²) in [7, 11) is 0. The fraction of sp³-hybridized carbons (Fsp3) is 0.444. The van der Waals surface area contributed by atoms with Gasteiger partial charge >= 0.3 is 0 Å². The fourth-order valence-corrected chi connectivity index (χ4v) is 9.57. The van der Waals surface area contributed by atoms with Crippen LogP contribution < -0.4 is 25.2 Å². The minimum Gasteiger partial charge on any atom is -0.490 e. The molecule has 61 heavy (non-hydrogen) atoms. The first-order chi connectivity index (χ1) is 29.6. The molecule has 0 spiro atoms. The maximum absolute atomic E-state index is 15.5. The van der Waals surface area contributed by atoms with E-state index in [4.69, 9.17) is 11.3 Å². The van der Waals surface area contributed by atoms with E-state index in [2.05, 4.69) is 30.3 Å². The zero-order valence-electron chi connectivity index (χ0n) is 33.7.